The molecule has 59 heavy (non-hydrogen) atoms. The Balaban J connectivity index is 0.992. The predicted molar refractivity (Wildman–Crippen MR) is 244 cm³/mol. The number of halogens is 1. The number of allylic oxidation sites excluding steroid dienone is 1. The zero-order valence-electron chi connectivity index (χ0n) is 32.1. The normalized spacial score (nSPS) is 13.9. The largest absolute Gasteiger partial charge is 0.310 e. The molecule has 5 heteroatoms. The Labute approximate surface area is 340 Å². The lowest BCUT2D eigenvalue weighted by atomic mass is 9.99. The average molecular weight is 761 g/mol. The molecule has 0 N–H and O–H groups in total. The molecule has 0 saturated heterocycles. The molecule has 1 aliphatic carbocycles. The van der Waals surface area contributed by atoms with E-state index < -0.39 is 6.17 Å². The summed E-state index contributed by atoms with van der Waals surface area (Å²) >= 11 is 0. The topological polar surface area (TPSA) is 18.0 Å². The zero-order chi connectivity index (χ0) is 39.0. The zero-order valence-corrected chi connectivity index (χ0v) is 32.1. The number of aromatic nitrogens is 3. The number of nitrogens with zero attached hydrogens (tertiary/aromatic N) is 4. The molecule has 0 bridgehead atoms. The van der Waals surface area contributed by atoms with Crippen molar-refractivity contribution in [1.82, 2.24) is 13.7 Å². The Morgan fingerprint density at radius 2 is 0.695 bits per heavy atom. The van der Waals surface area contributed by atoms with Crippen LogP contribution < -0.4 is 4.90 Å². The second-order valence-electron chi connectivity index (χ2n) is 15.4. The van der Waals surface area contributed by atoms with E-state index in [2.05, 4.69) is 201 Å². The van der Waals surface area contributed by atoms with Gasteiger partial charge in [-0.3, -0.25) is 0 Å². The molecule has 3 heterocycles. The molecule has 1 atom stereocenters. The number of anilines is 3. The Hall–Kier alpha value is -7.63. The number of benzene rings is 8. The summed E-state index contributed by atoms with van der Waals surface area (Å²) in [6.07, 6.45) is 3.40. The van der Waals surface area contributed by atoms with Crippen LogP contribution in [0.2, 0.25) is 0 Å². The van der Waals surface area contributed by atoms with Crippen molar-refractivity contribution in [3.63, 3.8) is 0 Å². The van der Waals surface area contributed by atoms with Crippen molar-refractivity contribution < 1.29 is 4.39 Å². The van der Waals surface area contributed by atoms with Gasteiger partial charge in [-0.15, -0.1) is 0 Å². The van der Waals surface area contributed by atoms with Gasteiger partial charge in [-0.1, -0.05) is 97.1 Å². The molecule has 0 aliphatic heterocycles. The van der Waals surface area contributed by atoms with Gasteiger partial charge in [0, 0.05) is 73.0 Å². The summed E-state index contributed by atoms with van der Waals surface area (Å²) in [5.74, 6) is 0. The van der Waals surface area contributed by atoms with E-state index in [9.17, 15) is 0 Å². The van der Waals surface area contributed by atoms with Gasteiger partial charge >= 0.3 is 0 Å². The molecule has 280 valence electrons. The van der Waals surface area contributed by atoms with Gasteiger partial charge < -0.3 is 18.6 Å². The first-order chi connectivity index (χ1) is 29.2. The van der Waals surface area contributed by atoms with Crippen LogP contribution in [0.4, 0.5) is 21.5 Å². The van der Waals surface area contributed by atoms with E-state index in [0.29, 0.717) is 6.42 Å². The second kappa shape index (κ2) is 13.2. The highest BCUT2D eigenvalue weighted by atomic mass is 19.1. The molecule has 0 radical (unpaired) electrons. The summed E-state index contributed by atoms with van der Waals surface area (Å²) in [5.41, 5.74) is 13.7. The molecule has 0 saturated carbocycles. The standard InChI is InChI=1S/C54H37FN4/c55-47-17-11-23-53-54(47)46-16-5-10-22-52(46)59(53)41-34-28-38(29-35-41)56(36-24-30-39(31-25-36)57-48-18-6-1-12-42(48)43-13-2-7-19-49(43)57)37-26-32-40(33-27-37)58-50-20-8-3-14-44(50)45-15-4-9-21-51(45)58/h1-16,18-35,47H,17H2. The molecule has 3 aromatic heterocycles. The molecule has 0 amide bonds. The highest BCUT2D eigenvalue weighted by Gasteiger charge is 2.25. The highest BCUT2D eigenvalue weighted by molar-refractivity contribution is 6.10. The van der Waals surface area contributed by atoms with Gasteiger partial charge in [0.05, 0.1) is 33.3 Å². The van der Waals surface area contributed by atoms with Crippen molar-refractivity contribution in [1.29, 1.82) is 0 Å². The maximum atomic E-state index is 15.5. The summed E-state index contributed by atoms with van der Waals surface area (Å²) in [6, 6.07) is 69.1. The van der Waals surface area contributed by atoms with E-state index in [1.165, 1.54) is 43.6 Å². The second-order valence-corrected chi connectivity index (χ2v) is 15.4. The third-order valence-corrected chi connectivity index (χ3v) is 12.1. The fraction of sp³-hybridized carbons (Fsp3) is 0.0370. The maximum absolute atomic E-state index is 15.5. The van der Waals surface area contributed by atoms with Gasteiger partial charge in [-0.2, -0.15) is 0 Å². The van der Waals surface area contributed by atoms with Crippen molar-refractivity contribution >= 4 is 77.7 Å². The Morgan fingerprint density at radius 1 is 0.373 bits per heavy atom. The smallest absolute Gasteiger partial charge is 0.131 e. The van der Waals surface area contributed by atoms with Crippen LogP contribution in [0.1, 0.15) is 23.8 Å². The van der Waals surface area contributed by atoms with Crippen LogP contribution in [-0.4, -0.2) is 13.7 Å². The molecular formula is C54H37FN4. The monoisotopic (exact) mass is 760 g/mol. The third-order valence-electron chi connectivity index (χ3n) is 12.1. The minimum absolute atomic E-state index is 0.403. The van der Waals surface area contributed by atoms with Crippen molar-refractivity contribution in [2.24, 2.45) is 0 Å². The average Bonchev–Trinajstić information content (AvgIpc) is 3.94. The lowest BCUT2D eigenvalue weighted by Gasteiger charge is -2.26. The van der Waals surface area contributed by atoms with Gasteiger partial charge in [-0.05, 0) is 109 Å². The lowest BCUT2D eigenvalue weighted by molar-refractivity contribution is 0.347. The van der Waals surface area contributed by atoms with Crippen LogP contribution in [0.15, 0.2) is 200 Å². The highest BCUT2D eigenvalue weighted by Crippen LogP contribution is 2.42. The lowest BCUT2D eigenvalue weighted by Crippen LogP contribution is -2.11. The van der Waals surface area contributed by atoms with E-state index in [4.69, 9.17) is 0 Å². The Kier molecular flexibility index (Phi) is 7.51. The molecule has 8 aromatic carbocycles. The van der Waals surface area contributed by atoms with Crippen molar-refractivity contribution in [3.8, 4) is 17.1 Å². The quantitative estimate of drug-likeness (QED) is 0.165. The molecular weight excluding hydrogens is 724 g/mol. The van der Waals surface area contributed by atoms with Gasteiger partial charge in [0.15, 0.2) is 0 Å². The van der Waals surface area contributed by atoms with Crippen molar-refractivity contribution in [3.05, 3.63) is 211 Å². The fourth-order valence-electron chi connectivity index (χ4n) is 9.57. The van der Waals surface area contributed by atoms with Crippen LogP contribution in [-0.2, 0) is 0 Å². The van der Waals surface area contributed by atoms with E-state index in [-0.39, 0.29) is 0 Å². The molecule has 12 rings (SSSR count). The van der Waals surface area contributed by atoms with E-state index in [1.807, 2.05) is 24.3 Å². The van der Waals surface area contributed by atoms with Crippen molar-refractivity contribution in [2.75, 3.05) is 4.90 Å². The number of alkyl halides is 1. The molecule has 4 nitrogen and oxygen atoms in total. The first-order valence-corrected chi connectivity index (χ1v) is 20.2. The minimum Gasteiger partial charge on any atom is -0.310 e. The summed E-state index contributed by atoms with van der Waals surface area (Å²) in [7, 11) is 0. The number of rotatable bonds is 6. The van der Waals surface area contributed by atoms with Crippen LogP contribution in [0.3, 0.4) is 0 Å². The van der Waals surface area contributed by atoms with Crippen LogP contribution in [0.25, 0.3) is 77.7 Å². The van der Waals surface area contributed by atoms with E-state index in [1.54, 1.807) is 0 Å². The first-order valence-electron chi connectivity index (χ1n) is 20.2. The first kappa shape index (κ1) is 33.5. The number of hydrogen-bond donors (Lipinski definition) is 0. The van der Waals surface area contributed by atoms with E-state index in [0.717, 1.165) is 56.3 Å². The number of fused-ring (bicyclic) bond motifs is 9. The molecule has 1 unspecified atom stereocenters. The Bertz CT molecular complexity index is 3160. The third kappa shape index (κ3) is 5.14. The molecule has 11 aromatic rings. The minimum atomic E-state index is -1.02. The van der Waals surface area contributed by atoms with Crippen LogP contribution >= 0.6 is 0 Å². The summed E-state index contributed by atoms with van der Waals surface area (Å²) in [4.78, 5) is 2.32. The number of para-hydroxylation sites is 5. The van der Waals surface area contributed by atoms with Gasteiger partial charge in [0.2, 0.25) is 0 Å². The summed E-state index contributed by atoms with van der Waals surface area (Å²) in [5, 5.41) is 5.94. The Morgan fingerprint density at radius 3 is 1.08 bits per heavy atom. The SMILES string of the molecule is FC1CC=Cc2c1c1ccccc1n2-c1ccc(N(c2ccc(-n3c4ccccc4c4ccccc43)cc2)c2ccc(-n3c4ccccc4c4ccccc43)cc2)cc1. The maximum Gasteiger partial charge on any atom is 0.131 e. The van der Waals surface area contributed by atoms with Gasteiger partial charge in [-0.25, -0.2) is 4.39 Å². The van der Waals surface area contributed by atoms with Gasteiger partial charge in [0.1, 0.15) is 6.17 Å². The van der Waals surface area contributed by atoms with Crippen LogP contribution in [0.5, 0.6) is 0 Å². The molecule has 0 fully saturated rings. The molecule has 0 spiro atoms. The van der Waals surface area contributed by atoms with Crippen LogP contribution in [0, 0.1) is 0 Å². The fourth-order valence-corrected chi connectivity index (χ4v) is 9.57. The van der Waals surface area contributed by atoms with Gasteiger partial charge in [0.25, 0.3) is 0 Å². The number of hydrogen-bond acceptors (Lipinski definition) is 1. The molecule has 1 aliphatic rings. The van der Waals surface area contributed by atoms with Crippen molar-refractivity contribution in [2.45, 2.75) is 12.6 Å². The predicted octanol–water partition coefficient (Wildman–Crippen LogP) is 14.7. The summed E-state index contributed by atoms with van der Waals surface area (Å²) < 4.78 is 22.4. The van der Waals surface area contributed by atoms with E-state index >= 15 is 4.39 Å². The summed E-state index contributed by atoms with van der Waals surface area (Å²) in [6.45, 7) is 0.